The van der Waals surface area contributed by atoms with Gasteiger partial charge in [-0.25, -0.2) is 0 Å². The molecule has 0 spiro atoms. The van der Waals surface area contributed by atoms with E-state index in [1.54, 1.807) is 21.9 Å². The molecule has 0 bridgehead atoms. The Kier molecular flexibility index (Phi) is 6.04. The van der Waals surface area contributed by atoms with Crippen LogP contribution in [0.15, 0.2) is 72.8 Å². The fourth-order valence-corrected chi connectivity index (χ4v) is 3.97. The van der Waals surface area contributed by atoms with E-state index in [0.717, 1.165) is 23.3 Å². The van der Waals surface area contributed by atoms with E-state index >= 15 is 0 Å². The lowest BCUT2D eigenvalue weighted by Gasteiger charge is -2.36. The molecule has 3 aromatic carbocycles. The molecule has 0 atom stereocenters. The lowest BCUT2D eigenvalue weighted by molar-refractivity contribution is -0.384. The molecule has 1 aliphatic heterocycles. The normalized spacial score (nSPS) is 14.3. The van der Waals surface area contributed by atoms with E-state index in [1.807, 2.05) is 42.5 Å². The number of rotatable bonds is 4. The second-order valence-electron chi connectivity index (χ2n) is 7.65. The summed E-state index contributed by atoms with van der Waals surface area (Å²) in [7, 11) is 0. The number of carbonyl (C=O) groups is 1. The van der Waals surface area contributed by atoms with Crippen molar-refractivity contribution in [2.24, 2.45) is 0 Å². The highest BCUT2D eigenvalue weighted by molar-refractivity contribution is 6.01. The summed E-state index contributed by atoms with van der Waals surface area (Å²) in [5.41, 5.74) is 0.732. The SMILES string of the molecule is O=C(c1ccccc1-c1ccccc1)N1CCN(c2ccc(C(F)(F)F)cc2[N+](=O)[O-])CC1. The minimum atomic E-state index is -4.67. The number of nitro groups is 1. The second-order valence-corrected chi connectivity index (χ2v) is 7.65. The highest BCUT2D eigenvalue weighted by Crippen LogP contribution is 2.37. The first kappa shape index (κ1) is 22.3. The van der Waals surface area contributed by atoms with Crippen LogP contribution in [0.3, 0.4) is 0 Å². The van der Waals surface area contributed by atoms with E-state index in [4.69, 9.17) is 0 Å². The zero-order valence-electron chi connectivity index (χ0n) is 17.5. The average Bonchev–Trinajstić information content (AvgIpc) is 2.83. The van der Waals surface area contributed by atoms with Crippen LogP contribution < -0.4 is 4.90 Å². The number of carbonyl (C=O) groups excluding carboxylic acids is 1. The van der Waals surface area contributed by atoms with Crippen molar-refractivity contribution in [3.05, 3.63) is 94.0 Å². The highest BCUT2D eigenvalue weighted by atomic mass is 19.4. The number of nitro benzene ring substituents is 1. The van der Waals surface area contributed by atoms with Crippen molar-refractivity contribution in [3.63, 3.8) is 0 Å². The summed E-state index contributed by atoms with van der Waals surface area (Å²) in [5.74, 6) is -0.156. The Bertz CT molecular complexity index is 1170. The molecule has 1 aliphatic rings. The molecule has 33 heavy (non-hydrogen) atoms. The summed E-state index contributed by atoms with van der Waals surface area (Å²) in [5, 5.41) is 11.4. The first-order valence-corrected chi connectivity index (χ1v) is 10.3. The molecule has 170 valence electrons. The Balaban J connectivity index is 1.53. The lowest BCUT2D eigenvalue weighted by Crippen LogP contribution is -2.49. The van der Waals surface area contributed by atoms with Gasteiger partial charge in [0.2, 0.25) is 0 Å². The fourth-order valence-electron chi connectivity index (χ4n) is 3.97. The van der Waals surface area contributed by atoms with Crippen molar-refractivity contribution < 1.29 is 22.9 Å². The number of amides is 1. The molecule has 0 aromatic heterocycles. The maximum Gasteiger partial charge on any atom is 0.416 e. The number of hydrogen-bond donors (Lipinski definition) is 0. The molecule has 1 fully saturated rings. The van der Waals surface area contributed by atoms with Crippen molar-refractivity contribution >= 4 is 17.3 Å². The van der Waals surface area contributed by atoms with Crippen LogP contribution in [0, 0.1) is 10.1 Å². The van der Waals surface area contributed by atoms with Gasteiger partial charge in [-0.1, -0.05) is 48.5 Å². The molecular weight excluding hydrogens is 435 g/mol. The first-order chi connectivity index (χ1) is 15.8. The van der Waals surface area contributed by atoms with Crippen LogP contribution in [0.4, 0.5) is 24.5 Å². The summed E-state index contributed by atoms with van der Waals surface area (Å²) in [6.07, 6.45) is -4.67. The topological polar surface area (TPSA) is 66.7 Å². The molecule has 9 heteroatoms. The van der Waals surface area contributed by atoms with Crippen LogP contribution in [0.2, 0.25) is 0 Å². The summed E-state index contributed by atoms with van der Waals surface area (Å²) < 4.78 is 38.9. The zero-order valence-corrected chi connectivity index (χ0v) is 17.5. The summed E-state index contributed by atoms with van der Waals surface area (Å²) in [6.45, 7) is 1.12. The van der Waals surface area contributed by atoms with Crippen molar-refractivity contribution in [1.29, 1.82) is 0 Å². The van der Waals surface area contributed by atoms with Gasteiger partial charge < -0.3 is 9.80 Å². The van der Waals surface area contributed by atoms with E-state index < -0.39 is 22.4 Å². The van der Waals surface area contributed by atoms with Crippen molar-refractivity contribution in [2.45, 2.75) is 6.18 Å². The minimum absolute atomic E-state index is 0.116. The summed E-state index contributed by atoms with van der Waals surface area (Å²) in [6, 6.07) is 19.4. The molecule has 3 aromatic rings. The van der Waals surface area contributed by atoms with E-state index in [0.29, 0.717) is 24.7 Å². The predicted molar refractivity (Wildman–Crippen MR) is 118 cm³/mol. The molecule has 0 unspecified atom stereocenters. The van der Waals surface area contributed by atoms with Gasteiger partial charge >= 0.3 is 6.18 Å². The zero-order chi connectivity index (χ0) is 23.6. The number of anilines is 1. The summed E-state index contributed by atoms with van der Waals surface area (Å²) >= 11 is 0. The first-order valence-electron chi connectivity index (χ1n) is 10.3. The molecule has 0 radical (unpaired) electrons. The van der Waals surface area contributed by atoms with Gasteiger partial charge in [-0.2, -0.15) is 13.2 Å². The Labute approximate surface area is 188 Å². The largest absolute Gasteiger partial charge is 0.416 e. The maximum atomic E-state index is 13.2. The van der Waals surface area contributed by atoms with Gasteiger partial charge in [0.1, 0.15) is 5.69 Å². The van der Waals surface area contributed by atoms with Gasteiger partial charge in [-0.05, 0) is 29.3 Å². The van der Waals surface area contributed by atoms with E-state index in [1.165, 1.54) is 0 Å². The monoisotopic (exact) mass is 455 g/mol. The number of nitrogens with zero attached hydrogens (tertiary/aromatic N) is 3. The molecule has 1 amide bonds. The fraction of sp³-hybridized carbons (Fsp3) is 0.208. The van der Waals surface area contributed by atoms with Crippen molar-refractivity contribution in [1.82, 2.24) is 4.90 Å². The van der Waals surface area contributed by atoms with Gasteiger partial charge in [0, 0.05) is 37.8 Å². The average molecular weight is 455 g/mol. The van der Waals surface area contributed by atoms with Crippen molar-refractivity contribution in [2.75, 3.05) is 31.1 Å². The molecule has 0 saturated carbocycles. The third-order valence-corrected chi connectivity index (χ3v) is 5.65. The molecule has 0 aliphatic carbocycles. The van der Waals surface area contributed by atoms with E-state index in [-0.39, 0.29) is 24.7 Å². The predicted octanol–water partition coefficient (Wildman–Crippen LogP) is 5.24. The second kappa shape index (κ2) is 8.93. The minimum Gasteiger partial charge on any atom is -0.362 e. The Morgan fingerprint density at radius 2 is 1.52 bits per heavy atom. The van der Waals surface area contributed by atoms with E-state index in [9.17, 15) is 28.1 Å². The van der Waals surface area contributed by atoms with Gasteiger partial charge in [0.05, 0.1) is 10.5 Å². The van der Waals surface area contributed by atoms with Crippen LogP contribution in [0.1, 0.15) is 15.9 Å². The standard InChI is InChI=1S/C24H20F3N3O3/c25-24(26,27)18-10-11-21(22(16-18)30(32)33)28-12-14-29(15-13-28)23(31)20-9-5-4-8-19(20)17-6-2-1-3-7-17/h1-11,16H,12-15H2. The van der Waals surface area contributed by atoms with Crippen LogP contribution in [0.5, 0.6) is 0 Å². The number of piperazine rings is 1. The van der Waals surface area contributed by atoms with Gasteiger partial charge in [0.25, 0.3) is 11.6 Å². The smallest absolute Gasteiger partial charge is 0.362 e. The Morgan fingerprint density at radius 3 is 2.15 bits per heavy atom. The Hall–Kier alpha value is -3.88. The number of benzene rings is 3. The van der Waals surface area contributed by atoms with Crippen LogP contribution in [0.25, 0.3) is 11.1 Å². The Morgan fingerprint density at radius 1 is 0.879 bits per heavy atom. The highest BCUT2D eigenvalue weighted by Gasteiger charge is 2.34. The van der Waals surface area contributed by atoms with Crippen LogP contribution in [-0.4, -0.2) is 41.9 Å². The molecular formula is C24H20F3N3O3. The molecule has 4 rings (SSSR count). The quantitative estimate of drug-likeness (QED) is 0.399. The number of halogens is 3. The molecule has 0 N–H and O–H groups in total. The van der Waals surface area contributed by atoms with Gasteiger partial charge in [-0.15, -0.1) is 0 Å². The van der Waals surface area contributed by atoms with Gasteiger partial charge in [0.15, 0.2) is 0 Å². The molecule has 6 nitrogen and oxygen atoms in total. The third kappa shape index (κ3) is 4.67. The summed E-state index contributed by atoms with van der Waals surface area (Å²) in [4.78, 5) is 27.2. The third-order valence-electron chi connectivity index (χ3n) is 5.65. The maximum absolute atomic E-state index is 13.2. The molecule has 1 heterocycles. The van der Waals surface area contributed by atoms with Crippen molar-refractivity contribution in [3.8, 4) is 11.1 Å². The number of hydrogen-bond acceptors (Lipinski definition) is 4. The van der Waals surface area contributed by atoms with E-state index in [2.05, 4.69) is 0 Å². The van der Waals surface area contributed by atoms with Gasteiger partial charge in [-0.3, -0.25) is 14.9 Å². The van der Waals surface area contributed by atoms with Crippen LogP contribution in [-0.2, 0) is 6.18 Å². The number of alkyl halides is 3. The van der Waals surface area contributed by atoms with Crippen LogP contribution >= 0.6 is 0 Å². The lowest BCUT2D eigenvalue weighted by atomic mass is 9.98. The molecule has 1 saturated heterocycles.